The molecule has 6 heteroatoms. The second kappa shape index (κ2) is 9.61. The van der Waals surface area contributed by atoms with E-state index < -0.39 is 0 Å². The molecule has 0 atom stereocenters. The number of carbonyl (C=O) groups is 1. The molecule has 2 rings (SSSR count). The number of ether oxygens (including phenoxy) is 3. The molecule has 2 aromatic rings. The molecule has 0 radical (unpaired) electrons. The van der Waals surface area contributed by atoms with Gasteiger partial charge in [0.25, 0.3) is 5.91 Å². The summed E-state index contributed by atoms with van der Waals surface area (Å²) in [5, 5.41) is 2.88. The summed E-state index contributed by atoms with van der Waals surface area (Å²) in [5.74, 6) is 2.17. The lowest BCUT2D eigenvalue weighted by Crippen LogP contribution is -2.25. The van der Waals surface area contributed by atoms with E-state index in [1.54, 1.807) is 18.4 Å². The zero-order valence-electron chi connectivity index (χ0n) is 15.0. The van der Waals surface area contributed by atoms with Crippen LogP contribution < -0.4 is 19.5 Å². The molecule has 0 unspecified atom stereocenters. The van der Waals surface area contributed by atoms with Crippen LogP contribution in [-0.4, -0.2) is 32.3 Å². The maximum Gasteiger partial charge on any atom is 0.251 e. The summed E-state index contributed by atoms with van der Waals surface area (Å²) >= 11 is 0. The van der Waals surface area contributed by atoms with Crippen molar-refractivity contribution in [3.05, 3.63) is 41.9 Å². The van der Waals surface area contributed by atoms with Crippen LogP contribution in [-0.2, 0) is 6.42 Å². The van der Waals surface area contributed by atoms with Crippen molar-refractivity contribution in [2.24, 2.45) is 0 Å². The van der Waals surface area contributed by atoms with Crippen LogP contribution >= 0.6 is 0 Å². The van der Waals surface area contributed by atoms with Gasteiger partial charge in [0.15, 0.2) is 11.5 Å². The third-order valence-electron chi connectivity index (χ3n) is 3.41. The van der Waals surface area contributed by atoms with Crippen LogP contribution in [0.1, 0.15) is 36.9 Å². The van der Waals surface area contributed by atoms with E-state index in [-0.39, 0.29) is 5.91 Å². The Morgan fingerprint density at radius 3 is 2.20 bits per heavy atom. The lowest BCUT2D eigenvalue weighted by atomic mass is 10.1. The molecule has 25 heavy (non-hydrogen) atoms. The Labute approximate surface area is 148 Å². The molecule has 0 bridgehead atoms. The van der Waals surface area contributed by atoms with Crippen molar-refractivity contribution < 1.29 is 23.4 Å². The minimum absolute atomic E-state index is 0.198. The van der Waals surface area contributed by atoms with Gasteiger partial charge in [0.05, 0.1) is 26.1 Å². The largest absolute Gasteiger partial charge is 0.490 e. The highest BCUT2D eigenvalue weighted by molar-refractivity contribution is 5.95. The summed E-state index contributed by atoms with van der Waals surface area (Å²) < 4.78 is 22.2. The van der Waals surface area contributed by atoms with Crippen molar-refractivity contribution in [2.75, 3.05) is 26.4 Å². The Balaban J connectivity index is 2.15. The molecular formula is C19H25NO5. The lowest BCUT2D eigenvalue weighted by Gasteiger charge is -2.17. The molecule has 0 saturated heterocycles. The number of furan rings is 1. The van der Waals surface area contributed by atoms with Gasteiger partial charge in [0.1, 0.15) is 5.76 Å². The van der Waals surface area contributed by atoms with Crippen LogP contribution in [0.4, 0.5) is 0 Å². The molecule has 0 spiro atoms. The second-order valence-corrected chi connectivity index (χ2v) is 5.19. The van der Waals surface area contributed by atoms with Gasteiger partial charge in [-0.1, -0.05) is 0 Å². The van der Waals surface area contributed by atoms with E-state index in [1.165, 1.54) is 0 Å². The molecule has 0 aliphatic rings. The van der Waals surface area contributed by atoms with Gasteiger partial charge in [-0.2, -0.15) is 0 Å². The first-order valence-corrected chi connectivity index (χ1v) is 8.56. The third kappa shape index (κ3) is 5.17. The zero-order chi connectivity index (χ0) is 18.1. The van der Waals surface area contributed by atoms with Gasteiger partial charge in [-0.3, -0.25) is 4.79 Å². The first-order chi connectivity index (χ1) is 12.2. The summed E-state index contributed by atoms with van der Waals surface area (Å²) in [6.07, 6.45) is 2.25. The molecule has 0 aliphatic carbocycles. The van der Waals surface area contributed by atoms with Gasteiger partial charge in [-0.15, -0.1) is 0 Å². The number of carbonyl (C=O) groups excluding carboxylic acids is 1. The highest BCUT2D eigenvalue weighted by atomic mass is 16.5. The Kier molecular flexibility index (Phi) is 7.19. The van der Waals surface area contributed by atoms with Crippen LogP contribution in [0.5, 0.6) is 17.2 Å². The Morgan fingerprint density at radius 2 is 1.68 bits per heavy atom. The van der Waals surface area contributed by atoms with Crippen LogP contribution in [0.3, 0.4) is 0 Å². The molecular weight excluding hydrogens is 322 g/mol. The number of hydrogen-bond acceptors (Lipinski definition) is 5. The molecule has 136 valence electrons. The summed E-state index contributed by atoms with van der Waals surface area (Å²) in [7, 11) is 0. The topological polar surface area (TPSA) is 69.9 Å². The molecule has 0 aliphatic heterocycles. The van der Waals surface area contributed by atoms with Crippen molar-refractivity contribution in [1.82, 2.24) is 5.32 Å². The molecule has 1 N–H and O–H groups in total. The van der Waals surface area contributed by atoms with Gasteiger partial charge in [0.2, 0.25) is 5.75 Å². The van der Waals surface area contributed by atoms with E-state index in [9.17, 15) is 4.79 Å². The van der Waals surface area contributed by atoms with Crippen molar-refractivity contribution in [3.63, 3.8) is 0 Å². The highest BCUT2D eigenvalue weighted by Gasteiger charge is 2.18. The maximum absolute atomic E-state index is 12.5. The average Bonchev–Trinajstić information content (AvgIpc) is 3.11. The SMILES string of the molecule is CCOc1cc(C(=O)NCCc2ccco2)cc(OCC)c1OCC. The van der Waals surface area contributed by atoms with Crippen molar-refractivity contribution in [3.8, 4) is 17.2 Å². The van der Waals surface area contributed by atoms with Crippen LogP contribution in [0.2, 0.25) is 0 Å². The van der Waals surface area contributed by atoms with E-state index in [0.717, 1.165) is 5.76 Å². The minimum Gasteiger partial charge on any atom is -0.490 e. The van der Waals surface area contributed by atoms with E-state index in [4.69, 9.17) is 18.6 Å². The molecule has 1 amide bonds. The monoisotopic (exact) mass is 347 g/mol. The summed E-state index contributed by atoms with van der Waals surface area (Å²) in [4.78, 5) is 12.5. The van der Waals surface area contributed by atoms with Crippen molar-refractivity contribution in [1.29, 1.82) is 0 Å². The third-order valence-corrected chi connectivity index (χ3v) is 3.41. The van der Waals surface area contributed by atoms with Crippen molar-refractivity contribution >= 4 is 5.91 Å². The van der Waals surface area contributed by atoms with Crippen molar-refractivity contribution in [2.45, 2.75) is 27.2 Å². The fraction of sp³-hybridized carbons (Fsp3) is 0.421. The number of hydrogen-bond donors (Lipinski definition) is 1. The van der Waals surface area contributed by atoms with Gasteiger partial charge < -0.3 is 23.9 Å². The number of amides is 1. The standard InChI is InChI=1S/C19H25NO5/c1-4-22-16-12-14(13-17(23-5-2)18(16)24-6-3)19(21)20-10-9-15-8-7-11-25-15/h7-8,11-13H,4-6,9-10H2,1-3H3,(H,20,21). The number of benzene rings is 1. The molecule has 0 fully saturated rings. The maximum atomic E-state index is 12.5. The fourth-order valence-electron chi connectivity index (χ4n) is 2.38. The second-order valence-electron chi connectivity index (χ2n) is 5.19. The quantitative estimate of drug-likeness (QED) is 0.713. The zero-order valence-corrected chi connectivity index (χ0v) is 15.0. The molecule has 1 aromatic carbocycles. The Morgan fingerprint density at radius 1 is 1.04 bits per heavy atom. The van der Waals surface area contributed by atoms with E-state index >= 15 is 0 Å². The summed E-state index contributed by atoms with van der Waals surface area (Å²) in [6, 6.07) is 7.06. The highest BCUT2D eigenvalue weighted by Crippen LogP contribution is 2.39. The lowest BCUT2D eigenvalue weighted by molar-refractivity contribution is 0.0952. The first-order valence-electron chi connectivity index (χ1n) is 8.56. The Hall–Kier alpha value is -2.63. The van der Waals surface area contributed by atoms with Gasteiger partial charge in [0, 0.05) is 18.5 Å². The van der Waals surface area contributed by atoms with E-state index in [2.05, 4.69) is 5.32 Å². The number of rotatable bonds is 10. The summed E-state index contributed by atoms with van der Waals surface area (Å²) in [6.45, 7) is 7.55. The van der Waals surface area contributed by atoms with E-state index in [0.29, 0.717) is 55.6 Å². The average molecular weight is 347 g/mol. The molecule has 0 saturated carbocycles. The predicted molar refractivity (Wildman–Crippen MR) is 94.7 cm³/mol. The minimum atomic E-state index is -0.198. The van der Waals surface area contributed by atoms with Crippen LogP contribution in [0.25, 0.3) is 0 Å². The van der Waals surface area contributed by atoms with Gasteiger partial charge >= 0.3 is 0 Å². The molecule has 6 nitrogen and oxygen atoms in total. The normalized spacial score (nSPS) is 10.4. The van der Waals surface area contributed by atoms with E-state index in [1.807, 2.05) is 32.9 Å². The first kappa shape index (κ1) is 18.7. The molecule has 1 aromatic heterocycles. The fourth-order valence-corrected chi connectivity index (χ4v) is 2.38. The Bertz CT molecular complexity index is 639. The van der Waals surface area contributed by atoms with Crippen LogP contribution in [0.15, 0.2) is 34.9 Å². The van der Waals surface area contributed by atoms with Gasteiger partial charge in [-0.25, -0.2) is 0 Å². The van der Waals surface area contributed by atoms with Crippen LogP contribution in [0, 0.1) is 0 Å². The molecule has 1 heterocycles. The summed E-state index contributed by atoms with van der Waals surface area (Å²) in [5.41, 5.74) is 0.467. The van der Waals surface area contributed by atoms with Gasteiger partial charge in [-0.05, 0) is 45.0 Å². The smallest absolute Gasteiger partial charge is 0.251 e. The predicted octanol–water partition coefficient (Wildman–Crippen LogP) is 3.45. The number of nitrogens with one attached hydrogen (secondary N) is 1.